The molecule has 0 bridgehead atoms. The molecule has 1 saturated carbocycles. The zero-order chi connectivity index (χ0) is 18.5. The summed E-state index contributed by atoms with van der Waals surface area (Å²) in [6.45, 7) is 2.20. The Labute approximate surface area is 159 Å². The average Bonchev–Trinajstić information content (AvgIpc) is 3.19. The lowest BCUT2D eigenvalue weighted by Crippen LogP contribution is -2.32. The molecule has 1 aliphatic carbocycles. The normalized spacial score (nSPS) is 21.2. The van der Waals surface area contributed by atoms with Gasteiger partial charge >= 0.3 is 0 Å². The third kappa shape index (κ3) is 4.63. The van der Waals surface area contributed by atoms with Crippen molar-refractivity contribution in [1.29, 1.82) is 0 Å². The van der Waals surface area contributed by atoms with Crippen molar-refractivity contribution >= 4 is 16.9 Å². The summed E-state index contributed by atoms with van der Waals surface area (Å²) >= 11 is 0. The van der Waals surface area contributed by atoms with Gasteiger partial charge in [-0.25, -0.2) is 9.97 Å². The van der Waals surface area contributed by atoms with Crippen LogP contribution in [0.3, 0.4) is 0 Å². The first-order valence-electron chi connectivity index (χ1n) is 9.88. The van der Waals surface area contributed by atoms with E-state index in [1.54, 1.807) is 12.5 Å². The molecule has 0 radical (unpaired) electrons. The van der Waals surface area contributed by atoms with Gasteiger partial charge in [-0.05, 0) is 51.0 Å². The number of hydrogen-bond acceptors (Lipinski definition) is 5. The molecule has 27 heavy (non-hydrogen) atoms. The van der Waals surface area contributed by atoms with Gasteiger partial charge in [0.1, 0.15) is 12.1 Å². The Morgan fingerprint density at radius 1 is 1.15 bits per heavy atom. The largest absolute Gasteiger partial charge is 0.375 e. The number of aryl methyl sites for hydroxylation is 1. The summed E-state index contributed by atoms with van der Waals surface area (Å²) in [5.74, 6) is 0.870. The molecule has 2 aromatic heterocycles. The number of anilines is 1. The highest BCUT2D eigenvalue weighted by Gasteiger charge is 2.24. The summed E-state index contributed by atoms with van der Waals surface area (Å²) < 4.78 is 6.30. The standard InChI is InChI=1S/C21H27N5O/c1-15(7-8-16-5-3-2-4-6-16)27-18-11-9-17(10-12-18)25-20-19-13-24-26-21(19)23-14-22-20/h2-6,13-15,17-18H,7-12H2,1H3,(H2,22,23,24,25,26)/t15?,17-,18-. The number of rotatable bonds is 7. The minimum atomic E-state index is 0.298. The molecule has 0 saturated heterocycles. The Kier molecular flexibility index (Phi) is 5.63. The van der Waals surface area contributed by atoms with Crippen LogP contribution in [0.2, 0.25) is 0 Å². The Bertz CT molecular complexity index is 842. The van der Waals surface area contributed by atoms with Crippen molar-refractivity contribution in [3.8, 4) is 0 Å². The molecule has 142 valence electrons. The van der Waals surface area contributed by atoms with E-state index >= 15 is 0 Å². The van der Waals surface area contributed by atoms with E-state index < -0.39 is 0 Å². The van der Waals surface area contributed by atoms with Crippen molar-refractivity contribution in [3.63, 3.8) is 0 Å². The van der Waals surface area contributed by atoms with Gasteiger partial charge in [0.05, 0.1) is 23.8 Å². The maximum absolute atomic E-state index is 6.30. The lowest BCUT2D eigenvalue weighted by Gasteiger charge is -2.31. The molecule has 6 heteroatoms. The number of hydrogen-bond donors (Lipinski definition) is 2. The van der Waals surface area contributed by atoms with E-state index in [1.165, 1.54) is 5.56 Å². The van der Waals surface area contributed by atoms with Gasteiger partial charge in [-0.2, -0.15) is 5.10 Å². The van der Waals surface area contributed by atoms with Crippen molar-refractivity contribution in [2.45, 2.75) is 63.7 Å². The maximum atomic E-state index is 6.30. The van der Waals surface area contributed by atoms with E-state index in [2.05, 4.69) is 62.7 Å². The van der Waals surface area contributed by atoms with Crippen LogP contribution in [-0.2, 0) is 11.2 Å². The Hall–Kier alpha value is -2.47. The van der Waals surface area contributed by atoms with Gasteiger partial charge < -0.3 is 10.1 Å². The van der Waals surface area contributed by atoms with Crippen LogP contribution in [-0.4, -0.2) is 38.4 Å². The molecule has 2 heterocycles. The van der Waals surface area contributed by atoms with E-state index in [4.69, 9.17) is 4.74 Å². The number of aromatic amines is 1. The fraction of sp³-hybridized carbons (Fsp3) is 0.476. The minimum absolute atomic E-state index is 0.298. The van der Waals surface area contributed by atoms with Crippen LogP contribution >= 0.6 is 0 Å². The minimum Gasteiger partial charge on any atom is -0.375 e. The van der Waals surface area contributed by atoms with Crippen molar-refractivity contribution in [2.75, 3.05) is 5.32 Å². The number of ether oxygens (including phenoxy) is 1. The highest BCUT2D eigenvalue weighted by molar-refractivity contribution is 5.85. The molecule has 2 N–H and O–H groups in total. The van der Waals surface area contributed by atoms with Crippen molar-refractivity contribution in [3.05, 3.63) is 48.4 Å². The number of benzene rings is 1. The van der Waals surface area contributed by atoms with E-state index in [0.29, 0.717) is 18.2 Å². The van der Waals surface area contributed by atoms with Crippen LogP contribution in [0.1, 0.15) is 44.6 Å². The Balaban J connectivity index is 1.22. The maximum Gasteiger partial charge on any atom is 0.160 e. The predicted molar refractivity (Wildman–Crippen MR) is 107 cm³/mol. The smallest absolute Gasteiger partial charge is 0.160 e. The summed E-state index contributed by atoms with van der Waals surface area (Å²) in [6, 6.07) is 11.1. The van der Waals surface area contributed by atoms with Crippen LogP contribution in [0.5, 0.6) is 0 Å². The van der Waals surface area contributed by atoms with E-state index in [-0.39, 0.29) is 0 Å². The number of nitrogens with one attached hydrogen (secondary N) is 2. The molecular formula is C21H27N5O. The molecular weight excluding hydrogens is 338 g/mol. The third-order valence-electron chi connectivity index (χ3n) is 5.37. The van der Waals surface area contributed by atoms with Crippen LogP contribution in [0.4, 0.5) is 5.82 Å². The highest BCUT2D eigenvalue weighted by atomic mass is 16.5. The summed E-state index contributed by atoms with van der Waals surface area (Å²) in [5.41, 5.74) is 2.16. The molecule has 1 aliphatic rings. The van der Waals surface area contributed by atoms with Gasteiger partial charge in [0.2, 0.25) is 0 Å². The molecule has 3 aromatic rings. The molecule has 4 rings (SSSR count). The van der Waals surface area contributed by atoms with Gasteiger partial charge in [0.15, 0.2) is 5.65 Å². The van der Waals surface area contributed by atoms with Crippen molar-refractivity contribution in [1.82, 2.24) is 20.2 Å². The summed E-state index contributed by atoms with van der Waals surface area (Å²) in [4.78, 5) is 8.57. The SMILES string of the molecule is CC(CCc1ccccc1)O[C@H]1CC[C@H](Nc2ncnc3[nH]ncc23)CC1. The van der Waals surface area contributed by atoms with Gasteiger partial charge in [0.25, 0.3) is 0 Å². The van der Waals surface area contributed by atoms with Gasteiger partial charge in [-0.1, -0.05) is 30.3 Å². The van der Waals surface area contributed by atoms with Crippen LogP contribution in [0, 0.1) is 0 Å². The van der Waals surface area contributed by atoms with Crippen LogP contribution < -0.4 is 5.32 Å². The van der Waals surface area contributed by atoms with E-state index in [0.717, 1.165) is 55.4 Å². The highest BCUT2D eigenvalue weighted by Crippen LogP contribution is 2.27. The zero-order valence-electron chi connectivity index (χ0n) is 15.8. The second-order valence-corrected chi connectivity index (χ2v) is 7.44. The first kappa shape index (κ1) is 17.9. The molecule has 1 atom stereocenters. The average molecular weight is 365 g/mol. The fourth-order valence-corrected chi connectivity index (χ4v) is 3.83. The number of aromatic nitrogens is 4. The first-order chi connectivity index (χ1) is 13.3. The molecule has 1 aromatic carbocycles. The number of nitrogens with zero attached hydrogens (tertiary/aromatic N) is 3. The topological polar surface area (TPSA) is 75.7 Å². The van der Waals surface area contributed by atoms with Gasteiger partial charge in [0, 0.05) is 6.04 Å². The third-order valence-corrected chi connectivity index (χ3v) is 5.37. The summed E-state index contributed by atoms with van der Waals surface area (Å²) in [5, 5.41) is 11.5. The lowest BCUT2D eigenvalue weighted by molar-refractivity contribution is -0.0253. The Morgan fingerprint density at radius 2 is 1.96 bits per heavy atom. The monoisotopic (exact) mass is 365 g/mol. The predicted octanol–water partition coefficient (Wildman–Crippen LogP) is 4.11. The molecule has 1 unspecified atom stereocenters. The summed E-state index contributed by atoms with van der Waals surface area (Å²) in [7, 11) is 0. The zero-order valence-corrected chi connectivity index (χ0v) is 15.8. The van der Waals surface area contributed by atoms with Crippen molar-refractivity contribution < 1.29 is 4.74 Å². The lowest BCUT2D eigenvalue weighted by atomic mass is 9.92. The van der Waals surface area contributed by atoms with Gasteiger partial charge in [-0.15, -0.1) is 0 Å². The van der Waals surface area contributed by atoms with E-state index in [9.17, 15) is 0 Å². The molecule has 0 amide bonds. The quantitative estimate of drug-likeness (QED) is 0.659. The number of H-pyrrole nitrogens is 1. The molecule has 1 fully saturated rings. The number of fused-ring (bicyclic) bond motifs is 1. The molecule has 0 aliphatic heterocycles. The second kappa shape index (κ2) is 8.48. The fourth-order valence-electron chi connectivity index (χ4n) is 3.83. The van der Waals surface area contributed by atoms with Crippen LogP contribution in [0.25, 0.3) is 11.0 Å². The first-order valence-corrected chi connectivity index (χ1v) is 9.88. The Morgan fingerprint density at radius 3 is 2.78 bits per heavy atom. The van der Waals surface area contributed by atoms with Crippen LogP contribution in [0.15, 0.2) is 42.9 Å². The van der Waals surface area contributed by atoms with E-state index in [1.807, 2.05) is 0 Å². The van der Waals surface area contributed by atoms with Gasteiger partial charge in [-0.3, -0.25) is 5.10 Å². The molecule has 6 nitrogen and oxygen atoms in total. The molecule has 0 spiro atoms. The summed E-state index contributed by atoms with van der Waals surface area (Å²) in [6.07, 6.45) is 10.5. The van der Waals surface area contributed by atoms with Crippen molar-refractivity contribution in [2.24, 2.45) is 0 Å². The second-order valence-electron chi connectivity index (χ2n) is 7.44.